The Morgan fingerprint density at radius 3 is 2.54 bits per heavy atom. The maximum atomic E-state index is 14.8. The van der Waals surface area contributed by atoms with Gasteiger partial charge in [-0.05, 0) is 98.2 Å². The lowest BCUT2D eigenvalue weighted by Crippen LogP contribution is -2.46. The normalized spacial score (nSPS) is 24.0. The molecule has 4 unspecified atom stereocenters. The molecule has 2 aromatic heterocycles. The molecule has 50 heavy (non-hydrogen) atoms. The Bertz CT molecular complexity index is 1990. The zero-order chi connectivity index (χ0) is 34.7. The largest absolute Gasteiger partial charge is 0.393 e. The van der Waals surface area contributed by atoms with Crippen LogP contribution in [0.2, 0.25) is 0 Å². The quantitative estimate of drug-likeness (QED) is 0.0894. The lowest BCUT2D eigenvalue weighted by atomic mass is 9.65. The van der Waals surface area contributed by atoms with Crippen molar-refractivity contribution in [3.63, 3.8) is 0 Å². The number of ketones is 1. The van der Waals surface area contributed by atoms with E-state index in [2.05, 4.69) is 47.2 Å². The number of nitrogens with zero attached hydrogens (tertiary/aromatic N) is 3. The van der Waals surface area contributed by atoms with Gasteiger partial charge in [-0.1, -0.05) is 97.1 Å². The van der Waals surface area contributed by atoms with E-state index in [0.717, 1.165) is 53.5 Å². The number of aliphatic hydroxyl groups excluding tert-OH is 1. The molecule has 2 bridgehead atoms. The molecule has 7 nitrogen and oxygen atoms in total. The second-order valence-electron chi connectivity index (χ2n) is 14.2. The molecule has 3 N–H and O–H groups in total. The van der Waals surface area contributed by atoms with Crippen LogP contribution in [0.5, 0.6) is 0 Å². The molecule has 0 saturated heterocycles. The van der Waals surface area contributed by atoms with Gasteiger partial charge in [0.2, 0.25) is 5.16 Å². The fourth-order valence-corrected chi connectivity index (χ4v) is 9.11. The highest BCUT2D eigenvalue weighted by Gasteiger charge is 2.56. The molecule has 4 atom stereocenters. The molecule has 2 heterocycles. The number of aromatic nitrogens is 4. The van der Waals surface area contributed by atoms with Gasteiger partial charge in [-0.25, -0.2) is 4.98 Å². The topological polar surface area (TPSA) is 112 Å². The number of nitrogens with one attached hydrogen (secondary N) is 1. The van der Waals surface area contributed by atoms with Crippen LogP contribution < -0.4 is 0 Å². The average molecular weight is 685 g/mol. The van der Waals surface area contributed by atoms with Crippen molar-refractivity contribution in [2.45, 2.75) is 81.6 Å². The number of thioether (sulfide) groups is 1. The summed E-state index contributed by atoms with van der Waals surface area (Å²) in [5.41, 5.74) is 5.69. The number of fused-ring (bicyclic) bond motifs is 8. The zero-order valence-electron chi connectivity index (χ0n) is 28.7. The molecule has 3 aliphatic rings. The third kappa shape index (κ3) is 6.84. The Morgan fingerprint density at radius 1 is 0.940 bits per heavy atom. The van der Waals surface area contributed by atoms with Crippen LogP contribution in [-0.2, 0) is 6.42 Å². The summed E-state index contributed by atoms with van der Waals surface area (Å²) < 4.78 is 0. The average Bonchev–Trinajstić information content (AvgIpc) is 3.72. The van der Waals surface area contributed by atoms with Crippen LogP contribution in [0.1, 0.15) is 85.3 Å². The first-order valence-electron chi connectivity index (χ1n) is 17.6. The summed E-state index contributed by atoms with van der Waals surface area (Å²) in [7, 11) is 0. The molecular weight excluding hydrogens is 641 g/mol. The zero-order valence-corrected chi connectivity index (χ0v) is 29.5. The van der Waals surface area contributed by atoms with E-state index in [1.807, 2.05) is 72.8 Å². The van der Waals surface area contributed by atoms with E-state index in [9.17, 15) is 15.0 Å². The summed E-state index contributed by atoms with van der Waals surface area (Å²) in [4.78, 5) is 23.6. The van der Waals surface area contributed by atoms with Crippen molar-refractivity contribution in [1.29, 1.82) is 0 Å². The second kappa shape index (κ2) is 14.5. The van der Waals surface area contributed by atoms with E-state index in [1.54, 1.807) is 12.4 Å². The van der Waals surface area contributed by atoms with Crippen molar-refractivity contribution in [2.24, 2.45) is 5.41 Å². The number of pyridine rings is 1. The van der Waals surface area contributed by atoms with E-state index in [4.69, 9.17) is 4.98 Å². The molecule has 1 fully saturated rings. The highest BCUT2D eigenvalue weighted by molar-refractivity contribution is 7.99. The fraction of sp³-hybridized carbons (Fsp3) is 0.333. The van der Waals surface area contributed by atoms with Crippen LogP contribution >= 0.6 is 11.8 Å². The molecule has 0 amide bonds. The minimum absolute atomic E-state index is 0.0323. The van der Waals surface area contributed by atoms with Gasteiger partial charge in [0, 0.05) is 40.3 Å². The fourth-order valence-electron chi connectivity index (χ4n) is 8.00. The minimum atomic E-state index is -1.03. The molecular formula is C42H44N4O3S. The predicted molar refractivity (Wildman–Crippen MR) is 199 cm³/mol. The van der Waals surface area contributed by atoms with Crippen LogP contribution in [0.25, 0.3) is 22.5 Å². The molecule has 3 aliphatic carbocycles. The first-order chi connectivity index (χ1) is 24.2. The first kappa shape index (κ1) is 34.1. The van der Waals surface area contributed by atoms with Crippen molar-refractivity contribution >= 4 is 17.5 Å². The Kier molecular flexibility index (Phi) is 9.87. The van der Waals surface area contributed by atoms with E-state index in [0.29, 0.717) is 47.1 Å². The second-order valence-corrected chi connectivity index (χ2v) is 15.1. The van der Waals surface area contributed by atoms with Gasteiger partial charge in [0.15, 0.2) is 11.6 Å². The summed E-state index contributed by atoms with van der Waals surface area (Å²) in [6.45, 7) is 4.35. The van der Waals surface area contributed by atoms with Gasteiger partial charge in [0.25, 0.3) is 0 Å². The number of rotatable bonds is 7. The van der Waals surface area contributed by atoms with E-state index < -0.39 is 17.1 Å². The first-order valence-corrected chi connectivity index (χ1v) is 18.6. The van der Waals surface area contributed by atoms with Crippen molar-refractivity contribution in [1.82, 2.24) is 20.2 Å². The van der Waals surface area contributed by atoms with E-state index >= 15 is 0 Å². The van der Waals surface area contributed by atoms with Gasteiger partial charge in [-0.2, -0.15) is 0 Å². The number of hydrogen-bond acceptors (Lipinski definition) is 7. The van der Waals surface area contributed by atoms with Crippen LogP contribution in [0.3, 0.4) is 0 Å². The highest BCUT2D eigenvalue weighted by Crippen LogP contribution is 2.59. The third-order valence-corrected chi connectivity index (χ3v) is 12.1. The summed E-state index contributed by atoms with van der Waals surface area (Å²) in [5.74, 6) is 1.00. The van der Waals surface area contributed by atoms with Gasteiger partial charge >= 0.3 is 0 Å². The van der Waals surface area contributed by atoms with E-state index in [1.165, 1.54) is 17.3 Å². The lowest BCUT2D eigenvalue weighted by Gasteiger charge is -2.44. The summed E-state index contributed by atoms with van der Waals surface area (Å²) in [6.07, 6.45) is 10.1. The number of H-pyrrole nitrogens is 1. The van der Waals surface area contributed by atoms with Gasteiger partial charge in [0.1, 0.15) is 0 Å². The molecule has 256 valence electrons. The standard InChI is InChI=1S/C42H44N4O3S/c1-28-9-8-21-41(2)37(18-22-42(41,49)27-50-40-44-39(45-46-40)31-19-23-43-24-20-31)34-17-15-29(25-32(47)16-14-28)26-36(34)38(48)35-13-7-6-12-33(35)30-10-4-3-5-11-30/h3-7,9-13,15,17,19-20,23-24,26,32,37,47,49H,8,14,16,18,21-22,25,27H2,1-2H3,(H,44,45,46). The molecule has 1 saturated carbocycles. The van der Waals surface area contributed by atoms with Crippen LogP contribution in [0, 0.1) is 5.41 Å². The lowest BCUT2D eigenvalue weighted by molar-refractivity contribution is -0.0422. The van der Waals surface area contributed by atoms with E-state index in [-0.39, 0.29) is 11.7 Å². The Balaban J connectivity index is 1.27. The molecule has 8 rings (SSSR count). The number of aliphatic hydroxyl groups is 2. The Morgan fingerprint density at radius 2 is 1.72 bits per heavy atom. The number of aromatic amines is 1. The summed E-state index contributed by atoms with van der Waals surface area (Å²) >= 11 is 1.47. The third-order valence-electron chi connectivity index (χ3n) is 11.0. The predicted octanol–water partition coefficient (Wildman–Crippen LogP) is 8.60. The number of carbonyl (C=O) groups is 1. The monoisotopic (exact) mass is 684 g/mol. The number of carbonyl (C=O) groups excluding carboxylic acids is 1. The Hall–Kier alpha value is -4.37. The maximum absolute atomic E-state index is 14.8. The minimum Gasteiger partial charge on any atom is -0.393 e. The van der Waals surface area contributed by atoms with Crippen molar-refractivity contribution in [3.05, 3.63) is 131 Å². The Labute approximate surface area is 298 Å². The SMILES string of the molecule is CC1=CCCC2(C)C(CCC2(O)CSc2n[nH]c(-c3ccncc3)n2)c2ccc(cc2C(=O)c2ccccc2-c2ccccc2)CC(O)CC1. The number of hydrogen-bond donors (Lipinski definition) is 3. The van der Waals surface area contributed by atoms with Gasteiger partial charge < -0.3 is 10.2 Å². The van der Waals surface area contributed by atoms with Gasteiger partial charge in [-0.15, -0.1) is 5.10 Å². The van der Waals surface area contributed by atoms with Crippen molar-refractivity contribution in [3.8, 4) is 22.5 Å². The number of allylic oxidation sites excluding steroid dienone is 2. The molecule has 3 aromatic carbocycles. The summed E-state index contributed by atoms with van der Waals surface area (Å²) in [6, 6.07) is 27.8. The van der Waals surface area contributed by atoms with Gasteiger partial charge in [0.05, 0.1) is 11.7 Å². The van der Waals surface area contributed by atoms with Crippen LogP contribution in [0.15, 0.2) is 114 Å². The van der Waals surface area contributed by atoms with Crippen LogP contribution in [0.4, 0.5) is 0 Å². The molecule has 5 aromatic rings. The van der Waals surface area contributed by atoms with Crippen molar-refractivity contribution < 1.29 is 15.0 Å². The molecule has 8 heteroatoms. The highest BCUT2D eigenvalue weighted by atomic mass is 32.2. The van der Waals surface area contributed by atoms with Crippen LogP contribution in [-0.4, -0.2) is 53.6 Å². The molecule has 0 aliphatic heterocycles. The smallest absolute Gasteiger partial charge is 0.208 e. The van der Waals surface area contributed by atoms with Crippen molar-refractivity contribution in [2.75, 3.05) is 5.75 Å². The van der Waals surface area contributed by atoms with Gasteiger partial charge in [-0.3, -0.25) is 14.9 Å². The summed E-state index contributed by atoms with van der Waals surface area (Å²) in [5, 5.41) is 31.8. The molecule has 0 spiro atoms. The maximum Gasteiger partial charge on any atom is 0.208 e. The number of benzene rings is 3. The molecule has 0 radical (unpaired) electrons.